The van der Waals surface area contributed by atoms with E-state index in [0.717, 1.165) is 6.07 Å². The van der Waals surface area contributed by atoms with Gasteiger partial charge in [-0.25, -0.2) is 4.42 Å². The topological polar surface area (TPSA) is 151 Å². The van der Waals surface area contributed by atoms with Crippen molar-refractivity contribution in [1.82, 2.24) is 0 Å². The van der Waals surface area contributed by atoms with Gasteiger partial charge in [-0.2, -0.15) is 0 Å². The fourth-order valence-electron chi connectivity index (χ4n) is 3.35. The maximum absolute atomic E-state index is 10.3. The van der Waals surface area contributed by atoms with Crippen LogP contribution in [0.4, 0.5) is 0 Å². The van der Waals surface area contributed by atoms with Crippen LogP contribution < -0.4 is 4.74 Å². The molecule has 5 atom stereocenters. The third-order valence-electron chi connectivity index (χ3n) is 4.94. The van der Waals surface area contributed by atoms with Crippen molar-refractivity contribution in [1.29, 1.82) is 0 Å². The van der Waals surface area contributed by atoms with Gasteiger partial charge in [0.15, 0.2) is 0 Å². The van der Waals surface area contributed by atoms with E-state index in [2.05, 4.69) is 0 Å². The van der Waals surface area contributed by atoms with Gasteiger partial charge in [0.1, 0.15) is 41.3 Å². The van der Waals surface area contributed by atoms with Crippen molar-refractivity contribution in [3.8, 4) is 28.6 Å². The van der Waals surface area contributed by atoms with Gasteiger partial charge in [-0.15, -0.1) is 0 Å². The second kappa shape index (κ2) is 8.05. The molecule has 0 amide bonds. The van der Waals surface area contributed by atoms with Gasteiger partial charge in [0.25, 0.3) is 0 Å². The minimum Gasteiger partial charge on any atom is -0.507 e. The van der Waals surface area contributed by atoms with Gasteiger partial charge in [0, 0.05) is 12.1 Å². The van der Waals surface area contributed by atoms with Crippen molar-refractivity contribution in [3.63, 3.8) is 0 Å². The van der Waals surface area contributed by atoms with Gasteiger partial charge < -0.3 is 40.1 Å². The third kappa shape index (κ3) is 3.64. The summed E-state index contributed by atoms with van der Waals surface area (Å²) in [5.74, 6) is -0.165. The molecule has 1 aromatic heterocycles. The average Bonchev–Trinajstić information content (AvgIpc) is 2.74. The molecule has 1 saturated heterocycles. The first-order valence-corrected chi connectivity index (χ1v) is 9.24. The van der Waals surface area contributed by atoms with Crippen LogP contribution in [-0.2, 0) is 4.74 Å². The molecule has 0 saturated carbocycles. The van der Waals surface area contributed by atoms with Gasteiger partial charge in [-0.3, -0.25) is 0 Å². The number of phenolic OH excluding ortho intramolecular Hbond substituents is 2. The molecule has 1 fully saturated rings. The van der Waals surface area contributed by atoms with E-state index in [4.69, 9.17) is 13.9 Å². The monoisotopic (exact) mass is 417 g/mol. The zero-order valence-electron chi connectivity index (χ0n) is 15.6. The Bertz CT molecular complexity index is 1040. The van der Waals surface area contributed by atoms with E-state index >= 15 is 0 Å². The Labute approximate surface area is 170 Å². The van der Waals surface area contributed by atoms with Crippen LogP contribution in [0.3, 0.4) is 0 Å². The number of hydrogen-bond acceptors (Lipinski definition) is 8. The highest BCUT2D eigenvalue weighted by atomic mass is 16.7. The molecule has 9 nitrogen and oxygen atoms in total. The lowest BCUT2D eigenvalue weighted by Crippen LogP contribution is -2.60. The van der Waals surface area contributed by atoms with Crippen molar-refractivity contribution in [2.45, 2.75) is 30.7 Å². The summed E-state index contributed by atoms with van der Waals surface area (Å²) in [7, 11) is 0. The number of benzene rings is 2. The summed E-state index contributed by atoms with van der Waals surface area (Å²) in [5.41, 5.74) is 0.786. The molecule has 158 valence electrons. The molecular weight excluding hydrogens is 396 g/mol. The Morgan fingerprint density at radius 1 is 0.933 bits per heavy atom. The lowest BCUT2D eigenvalue weighted by atomic mass is 9.99. The second-order valence-corrected chi connectivity index (χ2v) is 7.00. The number of hydrogen-bond donors (Lipinski definition) is 6. The summed E-state index contributed by atoms with van der Waals surface area (Å²) >= 11 is 0. The number of aliphatic hydroxyl groups excluding tert-OH is 4. The van der Waals surface area contributed by atoms with Crippen LogP contribution >= 0.6 is 0 Å². The largest absolute Gasteiger partial charge is 0.507 e. The SMILES string of the molecule is OCC1O[C@@H](Oc2cc3c(O)cc(O)cc3[o+]c2-c2ccccc2)[C@H](O)C(O)C1O. The smallest absolute Gasteiger partial charge is 0.402 e. The normalized spacial score (nSPS) is 26.6. The van der Waals surface area contributed by atoms with E-state index in [1.807, 2.05) is 0 Å². The molecule has 0 aliphatic carbocycles. The molecule has 6 N–H and O–H groups in total. The van der Waals surface area contributed by atoms with Crippen molar-refractivity contribution in [2.75, 3.05) is 6.61 Å². The number of phenols is 2. The predicted octanol–water partition coefficient (Wildman–Crippen LogP) is 0.971. The number of fused-ring (bicyclic) bond motifs is 1. The summed E-state index contributed by atoms with van der Waals surface area (Å²) < 4.78 is 17.1. The summed E-state index contributed by atoms with van der Waals surface area (Å²) in [4.78, 5) is 0. The Morgan fingerprint density at radius 2 is 1.67 bits per heavy atom. The molecular formula is C21H21O9+. The molecule has 30 heavy (non-hydrogen) atoms. The van der Waals surface area contributed by atoms with Crippen LogP contribution in [-0.4, -0.2) is 68.0 Å². The van der Waals surface area contributed by atoms with E-state index in [9.17, 15) is 30.6 Å². The summed E-state index contributed by atoms with van der Waals surface area (Å²) in [6.45, 7) is -0.599. The van der Waals surface area contributed by atoms with Gasteiger partial charge in [-0.05, 0) is 12.1 Å². The molecule has 1 aliphatic rings. The van der Waals surface area contributed by atoms with Gasteiger partial charge >= 0.3 is 11.3 Å². The molecule has 4 rings (SSSR count). The first-order chi connectivity index (χ1) is 14.4. The predicted molar refractivity (Wildman–Crippen MR) is 104 cm³/mol. The minimum atomic E-state index is -1.62. The Kier molecular flexibility index (Phi) is 5.46. The Morgan fingerprint density at radius 3 is 2.37 bits per heavy atom. The lowest BCUT2D eigenvalue weighted by Gasteiger charge is -2.39. The van der Waals surface area contributed by atoms with Gasteiger partial charge in [0.05, 0.1) is 18.2 Å². The third-order valence-corrected chi connectivity index (χ3v) is 4.94. The number of aliphatic hydroxyl groups is 4. The van der Waals surface area contributed by atoms with E-state index < -0.39 is 37.3 Å². The second-order valence-electron chi connectivity index (χ2n) is 7.00. The van der Waals surface area contributed by atoms with Gasteiger partial charge in [-0.1, -0.05) is 18.2 Å². The fourth-order valence-corrected chi connectivity index (χ4v) is 3.35. The van der Waals surface area contributed by atoms with Gasteiger partial charge in [0.2, 0.25) is 12.0 Å². The summed E-state index contributed by atoms with van der Waals surface area (Å²) in [6.07, 6.45) is -7.32. The van der Waals surface area contributed by atoms with E-state index in [1.165, 1.54) is 12.1 Å². The van der Waals surface area contributed by atoms with Crippen molar-refractivity contribution in [3.05, 3.63) is 48.5 Å². The molecule has 0 spiro atoms. The van der Waals surface area contributed by atoms with E-state index in [0.29, 0.717) is 5.56 Å². The molecule has 3 unspecified atom stereocenters. The first kappa shape index (κ1) is 20.3. The van der Waals surface area contributed by atoms with Crippen LogP contribution in [0.15, 0.2) is 52.9 Å². The number of ether oxygens (including phenoxy) is 2. The fraction of sp³-hybridized carbons (Fsp3) is 0.286. The van der Waals surface area contributed by atoms with Crippen LogP contribution in [0.2, 0.25) is 0 Å². The molecule has 3 aromatic rings. The molecule has 1 aliphatic heterocycles. The molecule has 0 bridgehead atoms. The van der Waals surface area contributed by atoms with Crippen LogP contribution in [0.1, 0.15) is 0 Å². The average molecular weight is 417 g/mol. The highest BCUT2D eigenvalue weighted by Gasteiger charge is 2.45. The van der Waals surface area contributed by atoms with Crippen molar-refractivity contribution >= 4 is 11.0 Å². The minimum absolute atomic E-state index is 0.0685. The zero-order valence-corrected chi connectivity index (χ0v) is 15.6. The van der Waals surface area contributed by atoms with E-state index in [1.54, 1.807) is 30.3 Å². The molecule has 9 heteroatoms. The summed E-state index contributed by atoms with van der Waals surface area (Å²) in [6, 6.07) is 12.7. The quantitative estimate of drug-likeness (QED) is 0.341. The van der Waals surface area contributed by atoms with Crippen molar-refractivity contribution < 1.29 is 44.5 Å². The van der Waals surface area contributed by atoms with Crippen LogP contribution in [0, 0.1) is 0 Å². The standard InChI is InChI=1S/C21H20O9/c22-9-16-17(25)18(26)19(27)21(30-16)29-15-8-12-13(24)6-11(23)7-14(12)28-20(15)10-4-2-1-3-5-10/h1-8,16-19,21-22,25-27H,9H2,(H-,23,24)/p+1/t16?,17?,18?,19-,21-/m1/s1. The first-order valence-electron chi connectivity index (χ1n) is 9.24. The highest BCUT2D eigenvalue weighted by molar-refractivity contribution is 5.88. The van der Waals surface area contributed by atoms with Crippen LogP contribution in [0.5, 0.6) is 17.2 Å². The van der Waals surface area contributed by atoms with E-state index in [-0.39, 0.29) is 34.0 Å². The lowest BCUT2D eigenvalue weighted by molar-refractivity contribution is -0.277. The van der Waals surface area contributed by atoms with Crippen molar-refractivity contribution in [2.24, 2.45) is 0 Å². The summed E-state index contributed by atoms with van der Waals surface area (Å²) in [5, 5.41) is 59.8. The molecule has 2 heterocycles. The maximum Gasteiger partial charge on any atom is 0.402 e. The molecule has 0 radical (unpaired) electrons. The zero-order chi connectivity index (χ0) is 21.4. The molecule has 2 aromatic carbocycles. The number of rotatable bonds is 4. The maximum atomic E-state index is 10.3. The van der Waals surface area contributed by atoms with Crippen LogP contribution in [0.25, 0.3) is 22.3 Å². The highest BCUT2D eigenvalue weighted by Crippen LogP contribution is 2.40. The Hall–Kier alpha value is -2.95. The Balaban J connectivity index is 1.80. The number of aromatic hydroxyl groups is 2.